The number of nitrogens with zero attached hydrogens (tertiary/aromatic N) is 2. The van der Waals surface area contributed by atoms with Gasteiger partial charge in [-0.1, -0.05) is 66.7 Å². The highest BCUT2D eigenvalue weighted by Gasteiger charge is 2.27. The normalized spacial score (nSPS) is 14.5. The monoisotopic (exact) mass is 447 g/mol. The van der Waals surface area contributed by atoms with Crippen LogP contribution in [0.15, 0.2) is 48.5 Å². The van der Waals surface area contributed by atoms with Crippen molar-refractivity contribution in [3.05, 3.63) is 58.6 Å². The van der Waals surface area contributed by atoms with E-state index < -0.39 is 0 Å². The van der Waals surface area contributed by atoms with Gasteiger partial charge >= 0.3 is 0 Å². The van der Waals surface area contributed by atoms with Gasteiger partial charge in [-0.3, -0.25) is 14.5 Å². The summed E-state index contributed by atoms with van der Waals surface area (Å²) >= 11 is 12.2. The van der Waals surface area contributed by atoms with Crippen molar-refractivity contribution >= 4 is 46.4 Å². The van der Waals surface area contributed by atoms with Gasteiger partial charge in [-0.15, -0.1) is 0 Å². The fourth-order valence-electron chi connectivity index (χ4n) is 3.89. The van der Waals surface area contributed by atoms with Crippen LogP contribution in [0.5, 0.6) is 0 Å². The molecule has 1 fully saturated rings. The van der Waals surface area contributed by atoms with Crippen LogP contribution in [-0.2, 0) is 9.59 Å². The summed E-state index contributed by atoms with van der Waals surface area (Å²) in [5.41, 5.74) is 1.30. The summed E-state index contributed by atoms with van der Waals surface area (Å²) in [6.07, 6.45) is 5.51. The molecule has 1 aliphatic rings. The van der Waals surface area contributed by atoms with Crippen molar-refractivity contribution in [2.24, 2.45) is 0 Å². The van der Waals surface area contributed by atoms with Crippen LogP contribution in [0.4, 0.5) is 11.4 Å². The van der Waals surface area contributed by atoms with E-state index in [1.54, 1.807) is 30.1 Å². The highest BCUT2D eigenvalue weighted by atomic mass is 35.5. The Morgan fingerprint density at radius 1 is 0.933 bits per heavy atom. The van der Waals surface area contributed by atoms with Crippen molar-refractivity contribution in [2.45, 2.75) is 38.1 Å². The van der Waals surface area contributed by atoms with E-state index in [1.165, 1.54) is 6.42 Å². The first-order valence-corrected chi connectivity index (χ1v) is 11.0. The van der Waals surface area contributed by atoms with Crippen molar-refractivity contribution < 1.29 is 9.59 Å². The van der Waals surface area contributed by atoms with E-state index in [9.17, 15) is 9.59 Å². The Labute approximate surface area is 187 Å². The molecule has 2 aromatic rings. The Balaban J connectivity index is 1.64. The number of hydrogen-bond acceptors (Lipinski definition) is 3. The number of rotatable bonds is 7. The molecular weight excluding hydrogens is 421 g/mol. The van der Waals surface area contributed by atoms with Gasteiger partial charge in [0.05, 0.1) is 28.8 Å². The van der Waals surface area contributed by atoms with Crippen LogP contribution in [0, 0.1) is 0 Å². The Morgan fingerprint density at radius 3 is 2.20 bits per heavy atom. The smallest absolute Gasteiger partial charge is 0.241 e. The molecule has 0 atom stereocenters. The zero-order chi connectivity index (χ0) is 21.5. The molecule has 2 amide bonds. The molecule has 0 saturated heterocycles. The second-order valence-corrected chi connectivity index (χ2v) is 8.52. The van der Waals surface area contributed by atoms with E-state index in [0.717, 1.165) is 31.4 Å². The van der Waals surface area contributed by atoms with Crippen molar-refractivity contribution in [1.82, 2.24) is 4.90 Å². The molecule has 7 heteroatoms. The fourth-order valence-corrected chi connectivity index (χ4v) is 4.38. The van der Waals surface area contributed by atoms with Gasteiger partial charge < -0.3 is 10.2 Å². The van der Waals surface area contributed by atoms with E-state index >= 15 is 0 Å². The molecule has 1 aliphatic carbocycles. The molecule has 0 aliphatic heterocycles. The maximum atomic E-state index is 13.2. The Bertz CT molecular complexity index is 850. The molecule has 30 heavy (non-hydrogen) atoms. The lowest BCUT2D eigenvalue weighted by atomic mass is 9.93. The van der Waals surface area contributed by atoms with Crippen molar-refractivity contribution in [3.8, 4) is 0 Å². The van der Waals surface area contributed by atoms with Crippen LogP contribution in [0.25, 0.3) is 0 Å². The third-order valence-corrected chi connectivity index (χ3v) is 5.92. The second kappa shape index (κ2) is 10.8. The van der Waals surface area contributed by atoms with Gasteiger partial charge in [0, 0.05) is 11.7 Å². The predicted molar refractivity (Wildman–Crippen MR) is 123 cm³/mol. The molecule has 0 heterocycles. The third-order valence-electron chi connectivity index (χ3n) is 5.29. The summed E-state index contributed by atoms with van der Waals surface area (Å²) in [4.78, 5) is 29.3. The molecular formula is C23H27Cl2N3O2. The first-order valence-electron chi connectivity index (χ1n) is 10.2. The number of carbonyl (C=O) groups is 2. The van der Waals surface area contributed by atoms with E-state index in [2.05, 4.69) is 5.32 Å². The average Bonchev–Trinajstić information content (AvgIpc) is 2.72. The Kier molecular flexibility index (Phi) is 8.14. The Morgan fingerprint density at radius 2 is 1.57 bits per heavy atom. The van der Waals surface area contributed by atoms with Gasteiger partial charge in [0.1, 0.15) is 0 Å². The lowest BCUT2D eigenvalue weighted by Crippen LogP contribution is -2.47. The lowest BCUT2D eigenvalue weighted by molar-refractivity contribution is -0.121. The minimum absolute atomic E-state index is 0.000763. The standard InChI is InChI=1S/C23H27Cl2N3O2/c1-27(15-21(29)26-23-19(24)13-8-14-20(23)25)16-22(30)28(17-9-4-2-5-10-17)18-11-6-3-7-12-18/h2,4-5,8-10,13-14,18H,3,6-7,11-12,15-16H2,1H3,(H,26,29). The Hall–Kier alpha value is -2.08. The van der Waals surface area contributed by atoms with Crippen molar-refractivity contribution in [3.63, 3.8) is 0 Å². The van der Waals surface area contributed by atoms with Gasteiger partial charge in [0.25, 0.3) is 0 Å². The van der Waals surface area contributed by atoms with Gasteiger partial charge in [0.15, 0.2) is 0 Å². The second-order valence-electron chi connectivity index (χ2n) is 7.71. The summed E-state index contributed by atoms with van der Waals surface area (Å²) in [5.74, 6) is -0.275. The molecule has 1 N–H and O–H groups in total. The molecule has 0 unspecified atom stereocenters. The molecule has 0 radical (unpaired) electrons. The molecule has 2 aromatic carbocycles. The fraction of sp³-hybridized carbons (Fsp3) is 0.391. The largest absolute Gasteiger partial charge is 0.322 e. The maximum Gasteiger partial charge on any atom is 0.241 e. The number of halogens is 2. The molecule has 1 saturated carbocycles. The summed E-state index contributed by atoms with van der Waals surface area (Å²) in [7, 11) is 1.76. The molecule has 3 rings (SSSR count). The number of hydrogen-bond donors (Lipinski definition) is 1. The van der Waals surface area contributed by atoms with Gasteiger partial charge in [0.2, 0.25) is 11.8 Å². The van der Waals surface area contributed by atoms with Crippen LogP contribution in [0.1, 0.15) is 32.1 Å². The minimum atomic E-state index is -0.274. The SMILES string of the molecule is CN(CC(=O)Nc1c(Cl)cccc1Cl)CC(=O)N(c1ccccc1)C1CCCCC1. The number of likely N-dealkylation sites (N-methyl/N-ethyl adjacent to an activating group) is 1. The first kappa shape index (κ1) is 22.6. The van der Waals surface area contributed by atoms with E-state index in [4.69, 9.17) is 23.2 Å². The van der Waals surface area contributed by atoms with Crippen LogP contribution in [-0.4, -0.2) is 42.9 Å². The lowest BCUT2D eigenvalue weighted by Gasteiger charge is -2.35. The zero-order valence-corrected chi connectivity index (χ0v) is 18.6. The average molecular weight is 448 g/mol. The van der Waals surface area contributed by atoms with Gasteiger partial charge in [-0.05, 0) is 44.2 Å². The minimum Gasteiger partial charge on any atom is -0.322 e. The van der Waals surface area contributed by atoms with Gasteiger partial charge in [-0.2, -0.15) is 0 Å². The predicted octanol–water partition coefficient (Wildman–Crippen LogP) is 5.23. The summed E-state index contributed by atoms with van der Waals surface area (Å²) in [6.45, 7) is 0.204. The number of carbonyl (C=O) groups excluding carboxylic acids is 2. The van der Waals surface area contributed by atoms with Crippen LogP contribution >= 0.6 is 23.2 Å². The topological polar surface area (TPSA) is 52.7 Å². The van der Waals surface area contributed by atoms with E-state index in [-0.39, 0.29) is 30.9 Å². The number of amides is 2. The molecule has 0 bridgehead atoms. The van der Waals surface area contributed by atoms with Crippen molar-refractivity contribution in [2.75, 3.05) is 30.4 Å². The molecule has 0 spiro atoms. The van der Waals surface area contributed by atoms with E-state index in [0.29, 0.717) is 15.7 Å². The quantitative estimate of drug-likeness (QED) is 0.631. The summed E-state index contributed by atoms with van der Waals surface area (Å²) in [6, 6.07) is 15.0. The highest BCUT2D eigenvalue weighted by molar-refractivity contribution is 6.39. The van der Waals surface area contributed by atoms with Gasteiger partial charge in [-0.25, -0.2) is 0 Å². The maximum absolute atomic E-state index is 13.2. The van der Waals surface area contributed by atoms with Crippen molar-refractivity contribution in [1.29, 1.82) is 0 Å². The first-order chi connectivity index (χ1) is 14.5. The van der Waals surface area contributed by atoms with Crippen LogP contribution in [0.3, 0.4) is 0 Å². The zero-order valence-electron chi connectivity index (χ0n) is 17.1. The highest BCUT2D eigenvalue weighted by Crippen LogP contribution is 2.30. The number of para-hydroxylation sites is 2. The third kappa shape index (κ3) is 5.97. The summed E-state index contributed by atoms with van der Waals surface area (Å²) < 4.78 is 0. The molecule has 5 nitrogen and oxygen atoms in total. The summed E-state index contributed by atoms with van der Waals surface area (Å²) in [5, 5.41) is 3.49. The van der Waals surface area contributed by atoms with Crippen LogP contribution < -0.4 is 10.2 Å². The molecule has 0 aromatic heterocycles. The number of anilines is 2. The number of benzene rings is 2. The number of nitrogens with one attached hydrogen (secondary N) is 1. The van der Waals surface area contributed by atoms with E-state index in [1.807, 2.05) is 35.2 Å². The molecule has 160 valence electrons. The van der Waals surface area contributed by atoms with Crippen LogP contribution in [0.2, 0.25) is 10.0 Å².